The van der Waals surface area contributed by atoms with E-state index in [9.17, 15) is 9.59 Å². The Hall–Kier alpha value is -2.27. The second kappa shape index (κ2) is 8.55. The van der Waals surface area contributed by atoms with Crippen molar-refractivity contribution in [2.75, 3.05) is 11.9 Å². The van der Waals surface area contributed by atoms with E-state index in [4.69, 9.17) is 0 Å². The van der Waals surface area contributed by atoms with Crippen LogP contribution in [0.1, 0.15) is 18.1 Å². The molecule has 0 radical (unpaired) electrons. The van der Waals surface area contributed by atoms with Crippen molar-refractivity contribution in [3.8, 4) is 0 Å². The van der Waals surface area contributed by atoms with Crippen LogP contribution >= 0.6 is 11.8 Å². The lowest BCUT2D eigenvalue weighted by atomic mass is 10.1. The molecule has 0 saturated carbocycles. The van der Waals surface area contributed by atoms with Gasteiger partial charge in [-0.2, -0.15) is 0 Å². The molecule has 4 nitrogen and oxygen atoms in total. The number of aryl methyl sites for hydroxylation is 2. The number of anilines is 1. The molecule has 2 rings (SSSR count). The van der Waals surface area contributed by atoms with Crippen LogP contribution in [0.25, 0.3) is 0 Å². The van der Waals surface area contributed by atoms with Gasteiger partial charge in [-0.05, 0) is 44.0 Å². The summed E-state index contributed by atoms with van der Waals surface area (Å²) in [5, 5.41) is 5.29. The highest BCUT2D eigenvalue weighted by atomic mass is 32.2. The number of hydrogen-bond acceptors (Lipinski definition) is 3. The number of carbonyl (C=O) groups is 2. The van der Waals surface area contributed by atoms with Crippen LogP contribution in [0.5, 0.6) is 0 Å². The number of benzene rings is 2. The van der Waals surface area contributed by atoms with Gasteiger partial charge in [0.1, 0.15) is 0 Å². The third-order valence-corrected chi connectivity index (χ3v) is 4.71. The van der Waals surface area contributed by atoms with Crippen LogP contribution in [0, 0.1) is 13.8 Å². The summed E-state index contributed by atoms with van der Waals surface area (Å²) in [7, 11) is 0. The van der Waals surface area contributed by atoms with E-state index in [0.29, 0.717) is 0 Å². The molecule has 0 unspecified atom stereocenters. The molecule has 2 aromatic carbocycles. The highest BCUT2D eigenvalue weighted by Crippen LogP contribution is 2.22. The number of hydrogen-bond donors (Lipinski definition) is 2. The summed E-state index contributed by atoms with van der Waals surface area (Å²) in [5.74, 6) is -0.377. The molecule has 1 atom stereocenters. The lowest BCUT2D eigenvalue weighted by Crippen LogP contribution is -2.37. The van der Waals surface area contributed by atoms with Crippen LogP contribution in [0.3, 0.4) is 0 Å². The Morgan fingerprint density at radius 1 is 1.00 bits per heavy atom. The molecule has 0 bridgehead atoms. The van der Waals surface area contributed by atoms with Crippen LogP contribution in [-0.2, 0) is 9.59 Å². The number of para-hydroxylation sites is 1. The summed E-state index contributed by atoms with van der Waals surface area (Å²) in [6.07, 6.45) is 0. The van der Waals surface area contributed by atoms with Crippen LogP contribution in [0.15, 0.2) is 53.4 Å². The topological polar surface area (TPSA) is 58.2 Å². The summed E-state index contributed by atoms with van der Waals surface area (Å²) in [6, 6.07) is 15.6. The second-order valence-corrected chi connectivity index (χ2v) is 7.02. The van der Waals surface area contributed by atoms with Crippen molar-refractivity contribution in [3.63, 3.8) is 0 Å². The highest BCUT2D eigenvalue weighted by Gasteiger charge is 2.15. The Morgan fingerprint density at radius 3 is 2.25 bits per heavy atom. The lowest BCUT2D eigenvalue weighted by molar-refractivity contribution is -0.123. The molecule has 0 aromatic heterocycles. The summed E-state index contributed by atoms with van der Waals surface area (Å²) in [5.41, 5.74) is 2.81. The van der Waals surface area contributed by atoms with E-state index >= 15 is 0 Å². The average molecular weight is 342 g/mol. The second-order valence-electron chi connectivity index (χ2n) is 5.61. The van der Waals surface area contributed by atoms with E-state index in [1.54, 1.807) is 0 Å². The molecule has 24 heavy (non-hydrogen) atoms. The van der Waals surface area contributed by atoms with Gasteiger partial charge in [0.05, 0.1) is 11.8 Å². The number of rotatable bonds is 6. The predicted molar refractivity (Wildman–Crippen MR) is 99.3 cm³/mol. The van der Waals surface area contributed by atoms with Gasteiger partial charge in [-0.1, -0.05) is 36.4 Å². The zero-order chi connectivity index (χ0) is 17.5. The van der Waals surface area contributed by atoms with Crippen LogP contribution in [0.4, 0.5) is 5.69 Å². The summed E-state index contributed by atoms with van der Waals surface area (Å²) in [6.45, 7) is 5.68. The molecular formula is C19H22N2O2S. The number of thioether (sulfide) groups is 1. The fourth-order valence-electron chi connectivity index (χ4n) is 2.26. The summed E-state index contributed by atoms with van der Waals surface area (Å²) in [4.78, 5) is 25.2. The summed E-state index contributed by atoms with van der Waals surface area (Å²) >= 11 is 1.47. The van der Waals surface area contributed by atoms with Crippen LogP contribution in [0.2, 0.25) is 0 Å². The van der Waals surface area contributed by atoms with Gasteiger partial charge in [-0.25, -0.2) is 0 Å². The number of carbonyl (C=O) groups excluding carboxylic acids is 2. The molecule has 0 saturated heterocycles. The Labute approximate surface area is 147 Å². The Balaban J connectivity index is 1.84. The normalized spacial score (nSPS) is 11.6. The molecule has 5 heteroatoms. The van der Waals surface area contributed by atoms with Crippen molar-refractivity contribution >= 4 is 29.3 Å². The smallest absolute Gasteiger partial charge is 0.243 e. The van der Waals surface area contributed by atoms with E-state index in [-0.39, 0.29) is 23.6 Å². The van der Waals surface area contributed by atoms with Crippen molar-refractivity contribution in [3.05, 3.63) is 59.7 Å². The van der Waals surface area contributed by atoms with Crippen LogP contribution < -0.4 is 10.6 Å². The average Bonchev–Trinajstić information content (AvgIpc) is 2.57. The van der Waals surface area contributed by atoms with Gasteiger partial charge in [0.15, 0.2) is 0 Å². The van der Waals surface area contributed by atoms with Gasteiger partial charge in [0, 0.05) is 10.6 Å². The first-order valence-corrected chi connectivity index (χ1v) is 8.71. The van der Waals surface area contributed by atoms with Crippen molar-refractivity contribution in [2.24, 2.45) is 0 Å². The quantitative estimate of drug-likeness (QED) is 0.790. The molecule has 0 aliphatic heterocycles. The van der Waals surface area contributed by atoms with E-state index in [1.807, 2.05) is 69.3 Å². The van der Waals surface area contributed by atoms with Crippen LogP contribution in [-0.4, -0.2) is 23.6 Å². The number of amides is 2. The molecule has 0 heterocycles. The molecule has 0 aliphatic rings. The van der Waals surface area contributed by atoms with Gasteiger partial charge in [0.2, 0.25) is 11.8 Å². The first-order chi connectivity index (χ1) is 11.5. The van der Waals surface area contributed by atoms with Gasteiger partial charge in [0.25, 0.3) is 0 Å². The minimum absolute atomic E-state index is 0.0354. The molecule has 2 amide bonds. The monoisotopic (exact) mass is 342 g/mol. The van der Waals surface area contributed by atoms with E-state index in [2.05, 4.69) is 10.6 Å². The van der Waals surface area contributed by atoms with Gasteiger partial charge < -0.3 is 10.6 Å². The predicted octanol–water partition coefficient (Wildman–Crippen LogP) is 3.54. The molecule has 2 aromatic rings. The van der Waals surface area contributed by atoms with E-state index in [1.165, 1.54) is 11.8 Å². The number of nitrogens with one attached hydrogen (secondary N) is 2. The van der Waals surface area contributed by atoms with Crippen molar-refractivity contribution in [2.45, 2.75) is 30.9 Å². The largest absolute Gasteiger partial charge is 0.346 e. The van der Waals surface area contributed by atoms with E-state index in [0.717, 1.165) is 21.7 Å². The minimum atomic E-state index is -0.264. The Kier molecular flexibility index (Phi) is 6.44. The molecular weight excluding hydrogens is 320 g/mol. The zero-order valence-corrected chi connectivity index (χ0v) is 14.9. The lowest BCUT2D eigenvalue weighted by Gasteiger charge is -2.14. The fourth-order valence-corrected chi connectivity index (χ4v) is 3.18. The maximum atomic E-state index is 12.1. The Morgan fingerprint density at radius 2 is 1.62 bits per heavy atom. The Bertz CT molecular complexity index is 696. The van der Waals surface area contributed by atoms with Gasteiger partial charge in [-0.15, -0.1) is 11.8 Å². The maximum absolute atomic E-state index is 12.1. The SMILES string of the molecule is Cc1cccc(C)c1NC(=O)CNC(=O)[C@@H](C)Sc1ccccc1. The van der Waals surface area contributed by atoms with Crippen molar-refractivity contribution < 1.29 is 9.59 Å². The third-order valence-electron chi connectivity index (χ3n) is 3.59. The molecule has 0 aliphatic carbocycles. The minimum Gasteiger partial charge on any atom is -0.346 e. The van der Waals surface area contributed by atoms with Crippen molar-refractivity contribution in [1.29, 1.82) is 0 Å². The maximum Gasteiger partial charge on any atom is 0.243 e. The molecule has 0 fully saturated rings. The standard InChI is InChI=1S/C19H22N2O2S/c1-13-8-7-9-14(2)18(13)21-17(22)12-20-19(23)15(3)24-16-10-5-4-6-11-16/h4-11,15H,12H2,1-3H3,(H,20,23)(H,21,22)/t15-/m1/s1. The van der Waals surface area contributed by atoms with Gasteiger partial charge in [-0.3, -0.25) is 9.59 Å². The van der Waals surface area contributed by atoms with E-state index < -0.39 is 0 Å². The highest BCUT2D eigenvalue weighted by molar-refractivity contribution is 8.00. The molecule has 126 valence electrons. The molecule has 2 N–H and O–H groups in total. The summed E-state index contributed by atoms with van der Waals surface area (Å²) < 4.78 is 0. The third kappa shape index (κ3) is 5.13. The zero-order valence-electron chi connectivity index (χ0n) is 14.1. The first kappa shape index (κ1) is 18.1. The van der Waals surface area contributed by atoms with Crippen molar-refractivity contribution in [1.82, 2.24) is 5.32 Å². The van der Waals surface area contributed by atoms with Gasteiger partial charge >= 0.3 is 0 Å². The molecule has 0 spiro atoms. The first-order valence-electron chi connectivity index (χ1n) is 7.83. The fraction of sp³-hybridized carbons (Fsp3) is 0.263.